The van der Waals surface area contributed by atoms with Gasteiger partial charge in [0.15, 0.2) is 11.6 Å². The van der Waals surface area contributed by atoms with E-state index in [9.17, 15) is 31.9 Å². The molecule has 3 saturated carbocycles. The number of hydrogen-bond acceptors (Lipinski definition) is 5. The Labute approximate surface area is 208 Å². The van der Waals surface area contributed by atoms with Crippen LogP contribution in [0.2, 0.25) is 5.02 Å². The maximum Gasteiger partial charge on any atom is 0.416 e. The molecule has 36 heavy (non-hydrogen) atoms. The lowest BCUT2D eigenvalue weighted by Crippen LogP contribution is -2.77. The van der Waals surface area contributed by atoms with Crippen LogP contribution in [0.1, 0.15) is 30.4 Å². The highest BCUT2D eigenvalue weighted by atomic mass is 35.5. The first-order valence-corrected chi connectivity index (χ1v) is 11.4. The SMILES string of the molecule is COC(=O)C12CC(C3C(=O)N(c4ncc(Cl)cc4F)CC(=O)N3Cc3ccc(C(F)(F)F)cc3)(C1)C2. The molecule has 7 nitrogen and oxygen atoms in total. The zero-order chi connectivity index (χ0) is 26.0. The van der Waals surface area contributed by atoms with Crippen molar-refractivity contribution in [3.8, 4) is 0 Å². The number of hydrogen-bond donors (Lipinski definition) is 0. The van der Waals surface area contributed by atoms with Gasteiger partial charge < -0.3 is 9.64 Å². The molecule has 2 aromatic rings. The molecule has 4 fully saturated rings. The highest BCUT2D eigenvalue weighted by Gasteiger charge is 2.77. The van der Waals surface area contributed by atoms with Gasteiger partial charge in [-0.1, -0.05) is 23.7 Å². The number of carbonyl (C=O) groups excluding carboxylic acids is 3. The minimum atomic E-state index is -4.51. The summed E-state index contributed by atoms with van der Waals surface area (Å²) in [7, 11) is 1.28. The number of pyridine rings is 1. The third-order valence-electron chi connectivity index (χ3n) is 7.37. The highest BCUT2D eigenvalue weighted by Crippen LogP contribution is 2.76. The van der Waals surface area contributed by atoms with Crippen LogP contribution in [0.15, 0.2) is 36.5 Å². The number of esters is 1. The van der Waals surface area contributed by atoms with E-state index in [0.29, 0.717) is 24.8 Å². The number of aromatic nitrogens is 1. The van der Waals surface area contributed by atoms with Gasteiger partial charge in [0.2, 0.25) is 5.91 Å². The molecule has 0 N–H and O–H groups in total. The van der Waals surface area contributed by atoms with Crippen LogP contribution >= 0.6 is 11.6 Å². The molecule has 1 saturated heterocycles. The van der Waals surface area contributed by atoms with Crippen LogP contribution in [-0.2, 0) is 31.8 Å². The molecular formula is C24H20ClF4N3O4. The van der Waals surface area contributed by atoms with Gasteiger partial charge in [-0.3, -0.25) is 19.3 Å². The predicted molar refractivity (Wildman–Crippen MR) is 118 cm³/mol. The fourth-order valence-electron chi connectivity index (χ4n) is 5.87. The first-order valence-electron chi connectivity index (χ1n) is 11.1. The number of alkyl halides is 3. The third-order valence-corrected chi connectivity index (χ3v) is 7.58. The molecule has 4 aliphatic rings. The average molecular weight is 526 g/mol. The second-order valence-corrected chi connectivity index (χ2v) is 10.1. The Morgan fingerprint density at radius 3 is 2.39 bits per heavy atom. The van der Waals surface area contributed by atoms with Crippen molar-refractivity contribution < 1.29 is 36.7 Å². The van der Waals surface area contributed by atoms with Crippen LogP contribution < -0.4 is 4.90 Å². The number of amides is 2. The van der Waals surface area contributed by atoms with Crippen molar-refractivity contribution in [3.05, 3.63) is 58.5 Å². The van der Waals surface area contributed by atoms with Gasteiger partial charge in [-0.15, -0.1) is 0 Å². The lowest BCUT2D eigenvalue weighted by Gasteiger charge is -2.72. The van der Waals surface area contributed by atoms with Crippen molar-refractivity contribution in [3.63, 3.8) is 0 Å². The molecule has 1 aliphatic heterocycles. The summed E-state index contributed by atoms with van der Waals surface area (Å²) in [4.78, 5) is 45.4. The van der Waals surface area contributed by atoms with E-state index in [4.69, 9.17) is 16.3 Å². The second-order valence-electron chi connectivity index (χ2n) is 9.67. The summed E-state index contributed by atoms with van der Waals surface area (Å²) in [6.45, 7) is -0.621. The number of piperazine rings is 1. The summed E-state index contributed by atoms with van der Waals surface area (Å²) < 4.78 is 58.4. The summed E-state index contributed by atoms with van der Waals surface area (Å²) in [5.74, 6) is -2.70. The average Bonchev–Trinajstić information content (AvgIpc) is 2.76. The van der Waals surface area contributed by atoms with Gasteiger partial charge in [0.05, 0.1) is 23.1 Å². The molecule has 3 aliphatic carbocycles. The molecule has 0 spiro atoms. The number of carbonyl (C=O) groups is 3. The standard InChI is InChI=1S/C24H20ClF4N3O4/c1-36-21(35)23-10-22(11-23,12-23)18-20(34)32(19-16(26)6-15(25)7-30-19)9-17(33)31(18)8-13-2-4-14(5-3-13)24(27,28)29/h2-7,18H,8-12H2,1H3. The molecular weight excluding hydrogens is 506 g/mol. The molecule has 1 unspecified atom stereocenters. The quantitative estimate of drug-likeness (QED) is 0.436. The number of methoxy groups -OCH3 is 1. The van der Waals surface area contributed by atoms with Gasteiger partial charge in [0.25, 0.3) is 5.91 Å². The Hall–Kier alpha value is -3.21. The fraction of sp³-hybridized carbons (Fsp3) is 0.417. The summed E-state index contributed by atoms with van der Waals surface area (Å²) in [5, 5.41) is 0.0203. The van der Waals surface area contributed by atoms with Crippen molar-refractivity contribution in [2.45, 2.75) is 38.0 Å². The lowest BCUT2D eigenvalue weighted by molar-refractivity contribution is -0.245. The van der Waals surface area contributed by atoms with Gasteiger partial charge >= 0.3 is 12.1 Å². The summed E-state index contributed by atoms with van der Waals surface area (Å²) in [5.41, 5.74) is -1.88. The van der Waals surface area contributed by atoms with Crippen LogP contribution in [0.4, 0.5) is 23.4 Å². The monoisotopic (exact) mass is 525 g/mol. The van der Waals surface area contributed by atoms with Crippen LogP contribution in [0.3, 0.4) is 0 Å². The molecule has 6 rings (SSSR count). The van der Waals surface area contributed by atoms with Gasteiger partial charge in [-0.2, -0.15) is 13.2 Å². The van der Waals surface area contributed by atoms with Crippen LogP contribution in [0.5, 0.6) is 0 Å². The number of ether oxygens (including phenoxy) is 1. The van der Waals surface area contributed by atoms with Crippen molar-refractivity contribution in [2.24, 2.45) is 10.8 Å². The molecule has 2 heterocycles. The van der Waals surface area contributed by atoms with Gasteiger partial charge in [0, 0.05) is 18.2 Å². The van der Waals surface area contributed by atoms with E-state index in [1.54, 1.807) is 0 Å². The fourth-order valence-corrected chi connectivity index (χ4v) is 6.02. The maximum absolute atomic E-state index is 14.6. The Morgan fingerprint density at radius 1 is 1.19 bits per heavy atom. The molecule has 2 bridgehead atoms. The Bertz CT molecular complexity index is 1250. The normalized spacial score (nSPS) is 27.4. The van der Waals surface area contributed by atoms with Crippen LogP contribution in [0, 0.1) is 16.6 Å². The molecule has 1 aromatic heterocycles. The Balaban J connectivity index is 1.47. The van der Waals surface area contributed by atoms with Crippen LogP contribution in [-0.4, -0.2) is 47.4 Å². The van der Waals surface area contributed by atoms with E-state index in [1.807, 2.05) is 0 Å². The maximum atomic E-state index is 14.6. The van der Waals surface area contributed by atoms with Crippen molar-refractivity contribution >= 4 is 35.2 Å². The van der Waals surface area contributed by atoms with Crippen molar-refractivity contribution in [2.75, 3.05) is 18.6 Å². The largest absolute Gasteiger partial charge is 0.469 e. The summed E-state index contributed by atoms with van der Waals surface area (Å²) >= 11 is 5.78. The van der Waals surface area contributed by atoms with Crippen molar-refractivity contribution in [1.82, 2.24) is 9.88 Å². The third kappa shape index (κ3) is 3.71. The summed E-state index contributed by atoms with van der Waals surface area (Å²) in [6.07, 6.45) is -2.42. The number of halogens is 5. The smallest absolute Gasteiger partial charge is 0.416 e. The van der Waals surface area contributed by atoms with E-state index in [2.05, 4.69) is 4.98 Å². The molecule has 12 heteroatoms. The number of nitrogens with zero attached hydrogens (tertiary/aromatic N) is 3. The molecule has 190 valence electrons. The number of benzene rings is 1. The molecule has 1 atom stereocenters. The predicted octanol–water partition coefficient (Wildman–Crippen LogP) is 3.98. The minimum Gasteiger partial charge on any atom is -0.469 e. The van der Waals surface area contributed by atoms with Crippen LogP contribution in [0.25, 0.3) is 0 Å². The van der Waals surface area contributed by atoms with Gasteiger partial charge in [0.1, 0.15) is 12.6 Å². The van der Waals surface area contributed by atoms with E-state index in [1.165, 1.54) is 24.1 Å². The first-order chi connectivity index (χ1) is 16.9. The van der Waals surface area contributed by atoms with Gasteiger partial charge in [-0.05, 0) is 43.0 Å². The Kier molecular flexibility index (Phi) is 5.55. The Morgan fingerprint density at radius 2 is 1.83 bits per heavy atom. The first kappa shape index (κ1) is 24.5. The zero-order valence-electron chi connectivity index (χ0n) is 18.9. The van der Waals surface area contributed by atoms with E-state index in [-0.39, 0.29) is 17.4 Å². The second kappa shape index (κ2) is 8.16. The molecule has 2 amide bonds. The highest BCUT2D eigenvalue weighted by molar-refractivity contribution is 6.30. The van der Waals surface area contributed by atoms with Crippen molar-refractivity contribution in [1.29, 1.82) is 0 Å². The lowest BCUT2D eigenvalue weighted by atomic mass is 9.32. The zero-order valence-corrected chi connectivity index (χ0v) is 19.7. The molecule has 0 radical (unpaired) electrons. The minimum absolute atomic E-state index is 0.0203. The number of anilines is 1. The molecule has 1 aromatic carbocycles. The van der Waals surface area contributed by atoms with E-state index >= 15 is 0 Å². The topological polar surface area (TPSA) is 79.8 Å². The summed E-state index contributed by atoms with van der Waals surface area (Å²) in [6, 6.07) is 4.26. The number of rotatable bonds is 5. The van der Waals surface area contributed by atoms with E-state index in [0.717, 1.165) is 29.3 Å². The van der Waals surface area contributed by atoms with E-state index < -0.39 is 58.8 Å². The van der Waals surface area contributed by atoms with Gasteiger partial charge in [-0.25, -0.2) is 9.37 Å².